The number of amides is 1. The van der Waals surface area contributed by atoms with Crippen molar-refractivity contribution in [3.05, 3.63) is 28.3 Å². The summed E-state index contributed by atoms with van der Waals surface area (Å²) in [6.07, 6.45) is 0. The van der Waals surface area contributed by atoms with Crippen LogP contribution in [0.5, 0.6) is 5.75 Å². The number of rotatable bonds is 3. The van der Waals surface area contributed by atoms with Gasteiger partial charge >= 0.3 is 0 Å². The summed E-state index contributed by atoms with van der Waals surface area (Å²) in [5, 5.41) is 1.62. The van der Waals surface area contributed by atoms with E-state index >= 15 is 0 Å². The topological polar surface area (TPSA) is 41.6 Å². The summed E-state index contributed by atoms with van der Waals surface area (Å²) < 4.78 is 5.36. The lowest BCUT2D eigenvalue weighted by atomic mass is 9.98. The van der Waals surface area contributed by atoms with Gasteiger partial charge in [0, 0.05) is 14.1 Å². The van der Waals surface area contributed by atoms with Gasteiger partial charge in [0.25, 0.3) is 5.91 Å². The molecule has 1 aromatic carbocycles. The minimum absolute atomic E-state index is 0.146. The zero-order valence-corrected chi connectivity index (χ0v) is 11.3. The highest BCUT2D eigenvalue weighted by Crippen LogP contribution is 2.29. The maximum Gasteiger partial charge on any atom is 0.269 e. The summed E-state index contributed by atoms with van der Waals surface area (Å²) in [6.45, 7) is 5.89. The fraction of sp³-hybridized carbons (Fsp3) is 0.462. The van der Waals surface area contributed by atoms with Crippen molar-refractivity contribution in [2.45, 2.75) is 20.8 Å². The van der Waals surface area contributed by atoms with Crippen LogP contribution in [0.15, 0.2) is 6.07 Å². The third-order valence-corrected chi connectivity index (χ3v) is 2.74. The summed E-state index contributed by atoms with van der Waals surface area (Å²) in [5.41, 5.74) is 6.39. The number of aryl methyl sites for hydroxylation is 2. The SMILES string of the molecule is COc1c(C)c(C)cc(C)c1C(=O)NN(C)C. The van der Waals surface area contributed by atoms with Gasteiger partial charge in [-0.15, -0.1) is 0 Å². The number of hydrogen-bond donors (Lipinski definition) is 1. The molecule has 0 aliphatic rings. The van der Waals surface area contributed by atoms with Crippen molar-refractivity contribution in [2.24, 2.45) is 0 Å². The highest BCUT2D eigenvalue weighted by atomic mass is 16.5. The average molecular weight is 236 g/mol. The molecule has 1 rings (SSSR count). The second-order valence-corrected chi connectivity index (χ2v) is 4.38. The van der Waals surface area contributed by atoms with E-state index in [9.17, 15) is 4.79 Å². The van der Waals surface area contributed by atoms with Gasteiger partial charge in [-0.2, -0.15) is 0 Å². The second-order valence-electron chi connectivity index (χ2n) is 4.38. The van der Waals surface area contributed by atoms with Gasteiger partial charge < -0.3 is 4.74 Å². The van der Waals surface area contributed by atoms with Crippen LogP contribution in [0.1, 0.15) is 27.0 Å². The first-order chi connectivity index (χ1) is 7.88. The highest BCUT2D eigenvalue weighted by Gasteiger charge is 2.19. The number of carbonyl (C=O) groups excluding carboxylic acids is 1. The Labute approximate surface area is 103 Å². The first-order valence-corrected chi connectivity index (χ1v) is 5.51. The van der Waals surface area contributed by atoms with Crippen molar-refractivity contribution in [2.75, 3.05) is 21.2 Å². The van der Waals surface area contributed by atoms with E-state index in [-0.39, 0.29) is 5.91 Å². The van der Waals surface area contributed by atoms with Gasteiger partial charge in [-0.3, -0.25) is 10.2 Å². The van der Waals surface area contributed by atoms with E-state index in [2.05, 4.69) is 5.43 Å². The molecule has 0 fully saturated rings. The number of nitrogens with zero attached hydrogens (tertiary/aromatic N) is 1. The Hall–Kier alpha value is -1.55. The molecule has 4 nitrogen and oxygen atoms in total. The molecule has 1 N–H and O–H groups in total. The molecule has 0 saturated heterocycles. The third-order valence-electron chi connectivity index (χ3n) is 2.74. The Morgan fingerprint density at radius 3 is 2.29 bits per heavy atom. The predicted octanol–water partition coefficient (Wildman–Crippen LogP) is 1.83. The lowest BCUT2D eigenvalue weighted by Crippen LogP contribution is -2.36. The van der Waals surface area contributed by atoms with E-state index in [4.69, 9.17) is 4.74 Å². The van der Waals surface area contributed by atoms with Crippen molar-refractivity contribution in [1.29, 1.82) is 0 Å². The largest absolute Gasteiger partial charge is 0.496 e. The van der Waals surface area contributed by atoms with Crippen molar-refractivity contribution in [1.82, 2.24) is 10.4 Å². The molecule has 17 heavy (non-hydrogen) atoms. The van der Waals surface area contributed by atoms with Crippen molar-refractivity contribution >= 4 is 5.91 Å². The van der Waals surface area contributed by atoms with Gasteiger partial charge in [0.05, 0.1) is 12.7 Å². The van der Waals surface area contributed by atoms with E-state index in [1.807, 2.05) is 26.8 Å². The number of hydrazine groups is 1. The molecular formula is C13H20N2O2. The van der Waals surface area contributed by atoms with E-state index in [1.54, 1.807) is 26.2 Å². The molecule has 0 aromatic heterocycles. The molecule has 0 unspecified atom stereocenters. The molecule has 1 aromatic rings. The van der Waals surface area contributed by atoms with Crippen molar-refractivity contribution in [3.8, 4) is 5.75 Å². The van der Waals surface area contributed by atoms with Crippen LogP contribution < -0.4 is 10.2 Å². The summed E-state index contributed by atoms with van der Waals surface area (Å²) in [5.74, 6) is 0.509. The quantitative estimate of drug-likeness (QED) is 0.814. The molecule has 1 amide bonds. The lowest BCUT2D eigenvalue weighted by Gasteiger charge is -2.18. The fourth-order valence-corrected chi connectivity index (χ4v) is 1.85. The van der Waals surface area contributed by atoms with Gasteiger partial charge in [-0.1, -0.05) is 6.07 Å². The average Bonchev–Trinajstić information content (AvgIpc) is 2.21. The van der Waals surface area contributed by atoms with Crippen LogP contribution in [-0.2, 0) is 0 Å². The molecule has 4 heteroatoms. The fourth-order valence-electron chi connectivity index (χ4n) is 1.85. The Balaban J connectivity index is 3.31. The predicted molar refractivity (Wildman–Crippen MR) is 68.4 cm³/mol. The molecular weight excluding hydrogens is 216 g/mol. The Kier molecular flexibility index (Phi) is 4.12. The summed E-state index contributed by atoms with van der Waals surface area (Å²) in [6, 6.07) is 2.00. The maximum atomic E-state index is 12.1. The number of nitrogens with one attached hydrogen (secondary N) is 1. The smallest absolute Gasteiger partial charge is 0.269 e. The monoisotopic (exact) mass is 236 g/mol. The van der Waals surface area contributed by atoms with Crippen molar-refractivity contribution in [3.63, 3.8) is 0 Å². The van der Waals surface area contributed by atoms with E-state index in [0.29, 0.717) is 11.3 Å². The van der Waals surface area contributed by atoms with Gasteiger partial charge in [0.15, 0.2) is 0 Å². The van der Waals surface area contributed by atoms with Gasteiger partial charge in [-0.05, 0) is 37.5 Å². The third kappa shape index (κ3) is 2.77. The normalized spacial score (nSPS) is 10.5. The molecule has 0 atom stereocenters. The standard InChI is InChI=1S/C13H20N2O2/c1-8-7-9(2)11(12(17-6)10(8)3)13(16)14-15(4)5/h7H,1-6H3,(H,14,16). The van der Waals surface area contributed by atoms with Gasteiger partial charge in [0.2, 0.25) is 0 Å². The van der Waals surface area contributed by atoms with Crippen LogP contribution in [0, 0.1) is 20.8 Å². The Morgan fingerprint density at radius 2 is 1.82 bits per heavy atom. The number of carbonyl (C=O) groups is 1. The number of benzene rings is 1. The lowest BCUT2D eigenvalue weighted by molar-refractivity contribution is 0.0853. The van der Waals surface area contributed by atoms with Crippen LogP contribution in [0.25, 0.3) is 0 Å². The Morgan fingerprint density at radius 1 is 1.24 bits per heavy atom. The summed E-state index contributed by atoms with van der Waals surface area (Å²) in [4.78, 5) is 12.1. The first kappa shape index (κ1) is 13.5. The van der Waals surface area contributed by atoms with E-state index in [0.717, 1.165) is 16.7 Å². The highest BCUT2D eigenvalue weighted by molar-refractivity contribution is 5.98. The zero-order valence-electron chi connectivity index (χ0n) is 11.3. The molecule has 0 radical (unpaired) electrons. The minimum Gasteiger partial charge on any atom is -0.496 e. The molecule has 94 valence electrons. The van der Waals surface area contributed by atoms with Crippen LogP contribution >= 0.6 is 0 Å². The molecule has 0 bridgehead atoms. The maximum absolute atomic E-state index is 12.1. The molecule has 0 aliphatic carbocycles. The zero-order chi connectivity index (χ0) is 13.2. The minimum atomic E-state index is -0.146. The van der Waals surface area contributed by atoms with Crippen LogP contribution in [0.2, 0.25) is 0 Å². The molecule has 0 heterocycles. The van der Waals surface area contributed by atoms with Crippen molar-refractivity contribution < 1.29 is 9.53 Å². The van der Waals surface area contributed by atoms with E-state index < -0.39 is 0 Å². The molecule has 0 spiro atoms. The van der Waals surface area contributed by atoms with E-state index in [1.165, 1.54) is 0 Å². The Bertz CT molecular complexity index is 440. The number of hydrogen-bond acceptors (Lipinski definition) is 3. The van der Waals surface area contributed by atoms with Crippen LogP contribution in [0.3, 0.4) is 0 Å². The summed E-state index contributed by atoms with van der Waals surface area (Å²) >= 11 is 0. The number of methoxy groups -OCH3 is 1. The van der Waals surface area contributed by atoms with Crippen LogP contribution in [0.4, 0.5) is 0 Å². The first-order valence-electron chi connectivity index (χ1n) is 5.51. The molecule has 0 aliphatic heterocycles. The second kappa shape index (κ2) is 5.19. The van der Waals surface area contributed by atoms with Gasteiger partial charge in [-0.25, -0.2) is 5.01 Å². The van der Waals surface area contributed by atoms with Gasteiger partial charge in [0.1, 0.15) is 5.75 Å². The molecule has 0 saturated carbocycles. The van der Waals surface area contributed by atoms with Crippen LogP contribution in [-0.4, -0.2) is 32.1 Å². The number of ether oxygens (including phenoxy) is 1. The summed E-state index contributed by atoms with van der Waals surface area (Å²) in [7, 11) is 5.15.